The third-order valence-corrected chi connectivity index (χ3v) is 6.68. The molecule has 2 nitrogen and oxygen atoms in total. The average Bonchev–Trinajstić information content (AvgIpc) is 3.19. The van der Waals surface area contributed by atoms with Crippen LogP contribution in [0.1, 0.15) is 49.9 Å². The number of pyridine rings is 1. The quantitative estimate of drug-likeness (QED) is 0.131. The van der Waals surface area contributed by atoms with Crippen LogP contribution in [-0.2, 0) is 65.7 Å². The van der Waals surface area contributed by atoms with Gasteiger partial charge in [-0.2, -0.15) is 0 Å². The van der Waals surface area contributed by atoms with Crippen LogP contribution in [-0.4, -0.2) is 9.38 Å². The van der Waals surface area contributed by atoms with Gasteiger partial charge in [0.2, 0.25) is 0 Å². The fourth-order valence-electron chi connectivity index (χ4n) is 5.35. The summed E-state index contributed by atoms with van der Waals surface area (Å²) < 4.78 is 2.38. The first kappa shape index (κ1) is 30.8. The van der Waals surface area contributed by atoms with E-state index in [4.69, 9.17) is 4.98 Å². The molecule has 2 radical (unpaired) electrons. The largest absolute Gasteiger partial charge is 0.358 e. The van der Waals surface area contributed by atoms with E-state index in [1.165, 1.54) is 44.1 Å². The molecule has 0 saturated heterocycles. The second kappa shape index (κ2) is 12.4. The molecule has 0 atom stereocenters. The van der Waals surface area contributed by atoms with Crippen molar-refractivity contribution >= 4 is 27.3 Å². The van der Waals surface area contributed by atoms with Gasteiger partial charge in [0, 0.05) is 70.1 Å². The van der Waals surface area contributed by atoms with E-state index in [1.54, 1.807) is 0 Å². The molecule has 3 aromatic carbocycles. The van der Waals surface area contributed by atoms with Gasteiger partial charge in [0.15, 0.2) is 0 Å². The van der Waals surface area contributed by atoms with E-state index in [2.05, 4.69) is 101 Å². The van der Waals surface area contributed by atoms with Crippen molar-refractivity contribution in [3.63, 3.8) is 0 Å². The summed E-state index contributed by atoms with van der Waals surface area (Å²) in [5.74, 6) is 1.23. The molecule has 0 fully saturated rings. The summed E-state index contributed by atoms with van der Waals surface area (Å²) in [6.45, 7) is 13.6. The Labute approximate surface area is 255 Å². The first-order valence-electron chi connectivity index (χ1n) is 12.2. The first-order chi connectivity index (χ1) is 15.8. The van der Waals surface area contributed by atoms with Crippen molar-refractivity contribution in [2.75, 3.05) is 0 Å². The molecule has 2 aromatic heterocycles. The molecular formula is C32H36IrN2Y-2. The Bertz CT molecular complexity index is 1480. The van der Waals surface area contributed by atoms with Crippen molar-refractivity contribution in [3.8, 4) is 11.3 Å². The fourth-order valence-corrected chi connectivity index (χ4v) is 5.35. The third kappa shape index (κ3) is 5.56. The molecule has 0 saturated carbocycles. The summed E-state index contributed by atoms with van der Waals surface area (Å²) in [5.41, 5.74) is 10.2. The molecular weight excluding hydrogens is 693 g/mol. The fraction of sp³-hybridized carbons (Fsp3) is 0.312. The Balaban J connectivity index is 0.00000152. The zero-order valence-corrected chi connectivity index (χ0v) is 27.8. The zero-order chi connectivity index (χ0) is 23.3. The minimum absolute atomic E-state index is 0. The van der Waals surface area contributed by atoms with Crippen LogP contribution in [0.2, 0.25) is 0 Å². The summed E-state index contributed by atoms with van der Waals surface area (Å²) in [7, 11) is 0. The van der Waals surface area contributed by atoms with Crippen LogP contribution < -0.4 is 0 Å². The molecule has 36 heavy (non-hydrogen) atoms. The molecule has 5 rings (SSSR count). The predicted molar refractivity (Wildman–Crippen MR) is 147 cm³/mol. The van der Waals surface area contributed by atoms with Gasteiger partial charge < -0.3 is 11.8 Å². The SMILES string of the molecule is Cc1cccc(C)c1-c1cnc2c3[c-]cccc3c3cc(CC(C)C)c(CC(C)C)cc3n12.[CH3-].[Ir].[Y]. The molecule has 4 heteroatoms. The Morgan fingerprint density at radius 2 is 1.47 bits per heavy atom. The number of hydrogen-bond acceptors (Lipinski definition) is 1. The van der Waals surface area contributed by atoms with Crippen LogP contribution in [0.5, 0.6) is 0 Å². The van der Waals surface area contributed by atoms with Crippen molar-refractivity contribution in [2.24, 2.45) is 11.8 Å². The molecule has 0 spiro atoms. The Morgan fingerprint density at radius 3 is 2.08 bits per heavy atom. The maximum absolute atomic E-state index is 4.95. The Hall–Kier alpha value is -1.38. The van der Waals surface area contributed by atoms with Crippen molar-refractivity contribution in [2.45, 2.75) is 54.4 Å². The second-order valence-corrected chi connectivity index (χ2v) is 10.4. The van der Waals surface area contributed by atoms with Crippen LogP contribution in [0, 0.1) is 39.2 Å². The monoisotopic (exact) mass is 730 g/mol. The Kier molecular flexibility index (Phi) is 10.7. The van der Waals surface area contributed by atoms with Crippen LogP contribution >= 0.6 is 0 Å². The van der Waals surface area contributed by atoms with Gasteiger partial charge in [-0.25, -0.2) is 0 Å². The van der Waals surface area contributed by atoms with Gasteiger partial charge in [-0.1, -0.05) is 57.3 Å². The standard InChI is InChI=1S/C31H33N2.CH3.Ir.Y/c1-19(2)14-23-16-27-25-12-7-8-13-26(25)31-32-18-29(30-21(5)10-9-11-22(30)6)33(31)28(27)17-24(23)15-20(3)4;;;/h7-12,16-20H,14-15H2,1-6H3;1H3;;/q2*-1;;. The van der Waals surface area contributed by atoms with Crippen molar-refractivity contribution in [3.05, 3.63) is 90.5 Å². The molecule has 0 bridgehead atoms. The molecule has 0 unspecified atom stereocenters. The summed E-state index contributed by atoms with van der Waals surface area (Å²) in [4.78, 5) is 4.95. The van der Waals surface area contributed by atoms with Crippen molar-refractivity contribution in [1.82, 2.24) is 9.38 Å². The van der Waals surface area contributed by atoms with Crippen LogP contribution in [0.15, 0.2) is 54.7 Å². The van der Waals surface area contributed by atoms with Crippen LogP contribution in [0.4, 0.5) is 0 Å². The van der Waals surface area contributed by atoms with E-state index < -0.39 is 0 Å². The predicted octanol–water partition coefficient (Wildman–Crippen LogP) is 8.57. The van der Waals surface area contributed by atoms with E-state index in [9.17, 15) is 0 Å². The van der Waals surface area contributed by atoms with E-state index >= 15 is 0 Å². The number of aromatic nitrogens is 2. The van der Waals surface area contributed by atoms with Gasteiger partial charge >= 0.3 is 0 Å². The van der Waals surface area contributed by atoms with Gasteiger partial charge in [-0.05, 0) is 72.2 Å². The molecule has 0 aliphatic rings. The first-order valence-corrected chi connectivity index (χ1v) is 12.2. The molecule has 2 heterocycles. The van der Waals surface area contributed by atoms with Gasteiger partial charge in [-0.15, -0.1) is 29.7 Å². The number of fused-ring (bicyclic) bond motifs is 6. The van der Waals surface area contributed by atoms with Gasteiger partial charge in [0.25, 0.3) is 0 Å². The number of benzene rings is 3. The molecule has 188 valence electrons. The molecule has 0 N–H and O–H groups in total. The van der Waals surface area contributed by atoms with Gasteiger partial charge in [0.05, 0.1) is 11.3 Å². The van der Waals surface area contributed by atoms with Gasteiger partial charge in [-0.3, -0.25) is 4.98 Å². The maximum atomic E-state index is 4.95. The van der Waals surface area contributed by atoms with Crippen molar-refractivity contribution in [1.29, 1.82) is 0 Å². The molecule has 0 aliphatic heterocycles. The number of aryl methyl sites for hydroxylation is 2. The van der Waals surface area contributed by atoms with E-state index in [0.717, 1.165) is 29.6 Å². The Morgan fingerprint density at radius 1 is 0.861 bits per heavy atom. The van der Waals surface area contributed by atoms with E-state index in [0.29, 0.717) is 11.8 Å². The van der Waals surface area contributed by atoms with E-state index in [1.807, 2.05) is 6.07 Å². The smallest absolute Gasteiger partial charge is 0.0639 e. The second-order valence-electron chi connectivity index (χ2n) is 10.4. The molecule has 0 amide bonds. The number of imidazole rings is 1. The summed E-state index contributed by atoms with van der Waals surface area (Å²) in [6, 6.07) is 21.3. The normalized spacial score (nSPS) is 11.1. The maximum Gasteiger partial charge on any atom is 0.0639 e. The minimum atomic E-state index is 0. The van der Waals surface area contributed by atoms with Gasteiger partial charge in [0.1, 0.15) is 0 Å². The topological polar surface area (TPSA) is 17.3 Å². The summed E-state index contributed by atoms with van der Waals surface area (Å²) >= 11 is 0. The zero-order valence-electron chi connectivity index (χ0n) is 22.6. The molecule has 5 aromatic rings. The summed E-state index contributed by atoms with van der Waals surface area (Å²) in [5, 5.41) is 3.62. The minimum Gasteiger partial charge on any atom is -0.358 e. The van der Waals surface area contributed by atoms with Crippen molar-refractivity contribution < 1.29 is 52.8 Å². The van der Waals surface area contributed by atoms with E-state index in [-0.39, 0.29) is 60.2 Å². The van der Waals surface area contributed by atoms with Crippen LogP contribution in [0.25, 0.3) is 38.6 Å². The van der Waals surface area contributed by atoms with Crippen LogP contribution in [0.3, 0.4) is 0 Å². The number of nitrogens with zero attached hydrogens (tertiary/aromatic N) is 2. The third-order valence-electron chi connectivity index (χ3n) is 6.68. The summed E-state index contributed by atoms with van der Waals surface area (Å²) in [6.07, 6.45) is 4.24. The average molecular weight is 730 g/mol. The number of rotatable bonds is 5. The molecule has 0 aliphatic carbocycles. The number of hydrogen-bond donors (Lipinski definition) is 0.